The summed E-state index contributed by atoms with van der Waals surface area (Å²) in [6, 6.07) is 0.666. The molecule has 0 saturated heterocycles. The number of rotatable bonds is 4. The molecule has 2 aliphatic carbocycles. The Bertz CT molecular complexity index is 722. The zero-order valence-electron chi connectivity index (χ0n) is 14.4. The third kappa shape index (κ3) is 2.80. The fourth-order valence-electron chi connectivity index (χ4n) is 4.15. The molecule has 130 valence electrons. The summed E-state index contributed by atoms with van der Waals surface area (Å²) in [7, 11) is 4.31. The van der Waals surface area contributed by atoms with E-state index in [9.17, 15) is 5.11 Å². The van der Waals surface area contributed by atoms with Crippen LogP contribution in [-0.2, 0) is 6.42 Å². The van der Waals surface area contributed by atoms with Crippen LogP contribution in [0.3, 0.4) is 0 Å². The van der Waals surface area contributed by atoms with Gasteiger partial charge in [0.05, 0.1) is 12.0 Å². The molecule has 0 spiro atoms. The molecule has 24 heavy (non-hydrogen) atoms. The normalized spacial score (nSPS) is 26.9. The predicted octanol–water partition coefficient (Wildman–Crippen LogP) is 2.97. The van der Waals surface area contributed by atoms with Crippen LogP contribution in [-0.4, -0.2) is 52.8 Å². The van der Waals surface area contributed by atoms with Gasteiger partial charge in [-0.15, -0.1) is 11.3 Å². The molecule has 2 aliphatic rings. The van der Waals surface area contributed by atoms with Crippen molar-refractivity contribution in [3.63, 3.8) is 0 Å². The number of aliphatic hydroxyl groups is 1. The van der Waals surface area contributed by atoms with Gasteiger partial charge in [0.25, 0.3) is 0 Å². The summed E-state index contributed by atoms with van der Waals surface area (Å²) >= 11 is 1.74. The van der Waals surface area contributed by atoms with Gasteiger partial charge in [0.2, 0.25) is 5.88 Å². The van der Waals surface area contributed by atoms with Crippen LogP contribution in [0.1, 0.15) is 48.5 Å². The molecule has 1 atom stereocenters. The summed E-state index contributed by atoms with van der Waals surface area (Å²) in [5, 5.41) is 10.8. The molecule has 0 radical (unpaired) electrons. The first-order chi connectivity index (χ1) is 11.7. The van der Waals surface area contributed by atoms with Crippen molar-refractivity contribution in [1.82, 2.24) is 14.9 Å². The van der Waals surface area contributed by atoms with Gasteiger partial charge in [-0.3, -0.25) is 0 Å². The van der Waals surface area contributed by atoms with Gasteiger partial charge in [-0.25, -0.2) is 9.97 Å². The molecule has 2 heterocycles. The third-order valence-corrected chi connectivity index (χ3v) is 6.74. The quantitative estimate of drug-likeness (QED) is 0.921. The minimum Gasteiger partial charge on any atom is -0.474 e. The third-order valence-electron chi connectivity index (χ3n) is 5.57. The Labute approximate surface area is 146 Å². The van der Waals surface area contributed by atoms with E-state index in [-0.39, 0.29) is 18.6 Å². The van der Waals surface area contributed by atoms with E-state index < -0.39 is 0 Å². The molecule has 1 saturated carbocycles. The lowest BCUT2D eigenvalue weighted by molar-refractivity contribution is 0.108. The second-order valence-electron chi connectivity index (χ2n) is 7.23. The molecule has 1 N–H and O–H groups in total. The van der Waals surface area contributed by atoms with Crippen LogP contribution in [0.4, 0.5) is 0 Å². The van der Waals surface area contributed by atoms with Gasteiger partial charge >= 0.3 is 0 Å². The molecule has 6 heteroatoms. The van der Waals surface area contributed by atoms with Crippen molar-refractivity contribution in [2.75, 3.05) is 20.7 Å². The Morgan fingerprint density at radius 1 is 1.21 bits per heavy atom. The van der Waals surface area contributed by atoms with Crippen LogP contribution in [0.5, 0.6) is 5.88 Å². The lowest BCUT2D eigenvalue weighted by Crippen LogP contribution is -2.35. The summed E-state index contributed by atoms with van der Waals surface area (Å²) in [5.41, 5.74) is 1.25. The molecular weight excluding hydrogens is 322 g/mol. The van der Waals surface area contributed by atoms with Crippen LogP contribution in [0, 0.1) is 0 Å². The molecule has 4 rings (SSSR count). The van der Waals surface area contributed by atoms with Crippen molar-refractivity contribution in [2.45, 2.75) is 56.6 Å². The Kier molecular flexibility index (Phi) is 4.45. The van der Waals surface area contributed by atoms with E-state index in [2.05, 4.69) is 29.0 Å². The van der Waals surface area contributed by atoms with E-state index in [4.69, 9.17) is 4.74 Å². The van der Waals surface area contributed by atoms with Crippen molar-refractivity contribution in [3.8, 4) is 5.88 Å². The second-order valence-corrected chi connectivity index (χ2v) is 8.31. The molecule has 5 nitrogen and oxygen atoms in total. The van der Waals surface area contributed by atoms with Crippen molar-refractivity contribution < 1.29 is 9.84 Å². The van der Waals surface area contributed by atoms with Gasteiger partial charge in [-0.1, -0.05) is 0 Å². The molecule has 2 aromatic rings. The Morgan fingerprint density at radius 2 is 2.00 bits per heavy atom. The summed E-state index contributed by atoms with van der Waals surface area (Å²) in [6.07, 6.45) is 8.41. The zero-order valence-corrected chi connectivity index (χ0v) is 15.2. The van der Waals surface area contributed by atoms with Gasteiger partial charge in [0, 0.05) is 16.8 Å². The first-order valence-electron chi connectivity index (χ1n) is 8.87. The monoisotopic (exact) mass is 347 g/mol. The molecular formula is C18H25N3O2S. The Hall–Kier alpha value is -1.24. The van der Waals surface area contributed by atoms with Crippen molar-refractivity contribution in [2.24, 2.45) is 0 Å². The molecule has 2 aromatic heterocycles. The van der Waals surface area contributed by atoms with Gasteiger partial charge in [-0.05, 0) is 58.2 Å². The maximum absolute atomic E-state index is 9.70. The van der Waals surface area contributed by atoms with E-state index in [1.54, 1.807) is 17.7 Å². The van der Waals surface area contributed by atoms with E-state index in [1.165, 1.54) is 23.3 Å². The van der Waals surface area contributed by atoms with E-state index in [0.717, 1.165) is 41.8 Å². The molecule has 0 bridgehead atoms. The molecule has 1 unspecified atom stereocenters. The molecule has 0 aliphatic heterocycles. The van der Waals surface area contributed by atoms with Gasteiger partial charge in [0.15, 0.2) is 0 Å². The largest absolute Gasteiger partial charge is 0.474 e. The standard InChI is InChI=1S/C18H25N3O2S/c1-21(2)12-4-6-13(7-5-12)23-17-16-15-11(9-22)3-8-14(15)24-18(16)20-10-19-17/h10-13,22H,3-9H2,1-2H3/t11?,12-,13-. The van der Waals surface area contributed by atoms with Crippen LogP contribution in [0.15, 0.2) is 6.33 Å². The molecule has 0 amide bonds. The number of aliphatic hydroxyl groups excluding tert-OH is 1. The summed E-state index contributed by atoms with van der Waals surface area (Å²) in [4.78, 5) is 13.6. The van der Waals surface area contributed by atoms with Crippen LogP contribution in [0.25, 0.3) is 10.2 Å². The minimum atomic E-state index is 0.196. The Balaban J connectivity index is 1.59. The SMILES string of the molecule is CN(C)[C@H]1CC[C@H](Oc2ncnc3sc4c(c23)C(CO)CC4)CC1. The van der Waals surface area contributed by atoms with E-state index in [1.807, 2.05) is 0 Å². The van der Waals surface area contributed by atoms with Gasteiger partial charge < -0.3 is 14.7 Å². The maximum Gasteiger partial charge on any atom is 0.225 e. The van der Waals surface area contributed by atoms with E-state index in [0.29, 0.717) is 6.04 Å². The van der Waals surface area contributed by atoms with Crippen LogP contribution >= 0.6 is 11.3 Å². The lowest BCUT2D eigenvalue weighted by atomic mass is 9.92. The van der Waals surface area contributed by atoms with Crippen molar-refractivity contribution in [3.05, 3.63) is 16.8 Å². The number of aryl methyl sites for hydroxylation is 1. The molecule has 1 fully saturated rings. The van der Waals surface area contributed by atoms with Crippen LogP contribution in [0.2, 0.25) is 0 Å². The topological polar surface area (TPSA) is 58.5 Å². The predicted molar refractivity (Wildman–Crippen MR) is 95.9 cm³/mol. The van der Waals surface area contributed by atoms with Crippen molar-refractivity contribution in [1.29, 1.82) is 0 Å². The highest BCUT2D eigenvalue weighted by atomic mass is 32.1. The minimum absolute atomic E-state index is 0.196. The first-order valence-corrected chi connectivity index (χ1v) is 9.69. The average Bonchev–Trinajstić information content (AvgIpc) is 3.14. The summed E-state index contributed by atoms with van der Waals surface area (Å²) < 4.78 is 6.33. The molecule has 0 aromatic carbocycles. The zero-order chi connectivity index (χ0) is 16.7. The average molecular weight is 347 g/mol. The summed E-state index contributed by atoms with van der Waals surface area (Å²) in [6.45, 7) is 0.196. The number of thiophene rings is 1. The lowest BCUT2D eigenvalue weighted by Gasteiger charge is -2.32. The number of ether oxygens (including phenoxy) is 1. The second kappa shape index (κ2) is 6.58. The van der Waals surface area contributed by atoms with E-state index >= 15 is 0 Å². The number of nitrogens with zero attached hydrogens (tertiary/aromatic N) is 3. The Morgan fingerprint density at radius 3 is 2.71 bits per heavy atom. The fourth-order valence-corrected chi connectivity index (χ4v) is 5.38. The number of hydrogen-bond acceptors (Lipinski definition) is 6. The first kappa shape index (κ1) is 16.2. The smallest absolute Gasteiger partial charge is 0.225 e. The van der Waals surface area contributed by atoms with Crippen molar-refractivity contribution >= 4 is 21.6 Å². The van der Waals surface area contributed by atoms with Crippen LogP contribution < -0.4 is 4.74 Å². The number of aromatic nitrogens is 2. The highest BCUT2D eigenvalue weighted by molar-refractivity contribution is 7.19. The van der Waals surface area contributed by atoms with Gasteiger partial charge in [-0.2, -0.15) is 0 Å². The highest BCUT2D eigenvalue weighted by Gasteiger charge is 2.31. The fraction of sp³-hybridized carbons (Fsp3) is 0.667. The number of hydrogen-bond donors (Lipinski definition) is 1. The number of fused-ring (bicyclic) bond motifs is 3. The maximum atomic E-state index is 9.70. The summed E-state index contributed by atoms with van der Waals surface area (Å²) in [5.74, 6) is 0.942. The highest BCUT2D eigenvalue weighted by Crippen LogP contribution is 2.46. The van der Waals surface area contributed by atoms with Gasteiger partial charge in [0.1, 0.15) is 17.3 Å².